The average Bonchev–Trinajstić information content (AvgIpc) is 3.38. The van der Waals surface area contributed by atoms with Gasteiger partial charge in [0.05, 0.1) is 11.4 Å². The van der Waals surface area contributed by atoms with E-state index in [-0.39, 0.29) is 9.75 Å². The first-order valence-corrected chi connectivity index (χ1v) is 9.74. The first kappa shape index (κ1) is 18.0. The van der Waals surface area contributed by atoms with Gasteiger partial charge in [0, 0.05) is 22.1 Å². The van der Waals surface area contributed by atoms with E-state index in [0.29, 0.717) is 11.4 Å². The van der Waals surface area contributed by atoms with Crippen LogP contribution < -0.4 is 0 Å². The van der Waals surface area contributed by atoms with E-state index in [1.54, 1.807) is 36.7 Å². The molecular formula is C20H12N2O4S2. The highest BCUT2D eigenvalue weighted by Crippen LogP contribution is 2.32. The molecule has 0 aliphatic heterocycles. The normalized spacial score (nSPS) is 10.7. The van der Waals surface area contributed by atoms with Crippen molar-refractivity contribution in [1.29, 1.82) is 0 Å². The van der Waals surface area contributed by atoms with E-state index >= 15 is 0 Å². The fourth-order valence-corrected chi connectivity index (χ4v) is 4.35. The Morgan fingerprint density at radius 1 is 0.679 bits per heavy atom. The predicted molar refractivity (Wildman–Crippen MR) is 108 cm³/mol. The van der Waals surface area contributed by atoms with Crippen LogP contribution in [0.5, 0.6) is 0 Å². The summed E-state index contributed by atoms with van der Waals surface area (Å²) < 4.78 is 0. The number of thiophene rings is 2. The summed E-state index contributed by atoms with van der Waals surface area (Å²) in [4.78, 5) is 33.2. The quantitative estimate of drug-likeness (QED) is 0.482. The van der Waals surface area contributed by atoms with Gasteiger partial charge >= 0.3 is 11.9 Å². The molecule has 0 aliphatic rings. The van der Waals surface area contributed by atoms with Gasteiger partial charge in [-0.1, -0.05) is 0 Å². The van der Waals surface area contributed by atoms with Crippen molar-refractivity contribution >= 4 is 34.6 Å². The third-order valence-corrected chi connectivity index (χ3v) is 6.23. The second-order valence-electron chi connectivity index (χ2n) is 5.80. The highest BCUT2D eigenvalue weighted by atomic mass is 32.1. The molecule has 0 saturated heterocycles. The van der Waals surface area contributed by atoms with Crippen LogP contribution in [0.15, 0.2) is 60.9 Å². The van der Waals surface area contributed by atoms with Gasteiger partial charge in [-0.05, 0) is 59.7 Å². The van der Waals surface area contributed by atoms with Crippen molar-refractivity contribution in [3.8, 4) is 32.3 Å². The Morgan fingerprint density at radius 3 is 1.46 bits per heavy atom. The number of carbonyl (C=O) groups is 2. The number of hydrogen-bond acceptors (Lipinski definition) is 6. The van der Waals surface area contributed by atoms with E-state index in [2.05, 4.69) is 9.97 Å². The number of pyridine rings is 2. The van der Waals surface area contributed by atoms with Crippen molar-refractivity contribution in [2.45, 2.75) is 0 Å². The molecule has 0 spiro atoms. The van der Waals surface area contributed by atoms with Crippen LogP contribution in [-0.4, -0.2) is 32.1 Å². The van der Waals surface area contributed by atoms with Crippen LogP contribution in [0.3, 0.4) is 0 Å². The number of aromatic carboxylic acids is 2. The lowest BCUT2D eigenvalue weighted by Crippen LogP contribution is -1.90. The maximum atomic E-state index is 11.1. The number of aromatic nitrogens is 2. The Morgan fingerprint density at radius 2 is 1.11 bits per heavy atom. The summed E-state index contributed by atoms with van der Waals surface area (Å²) >= 11 is 2.40. The number of hydrogen-bond donors (Lipinski definition) is 2. The largest absolute Gasteiger partial charge is 0.477 e. The van der Waals surface area contributed by atoms with Crippen LogP contribution >= 0.6 is 22.7 Å². The number of rotatable bonds is 5. The zero-order chi connectivity index (χ0) is 19.7. The van der Waals surface area contributed by atoms with Crippen LogP contribution in [0.2, 0.25) is 0 Å². The Labute approximate surface area is 167 Å². The molecule has 0 unspecified atom stereocenters. The highest BCUT2D eigenvalue weighted by molar-refractivity contribution is 7.17. The zero-order valence-corrected chi connectivity index (χ0v) is 15.8. The first-order valence-electron chi connectivity index (χ1n) is 8.11. The van der Waals surface area contributed by atoms with Gasteiger partial charge < -0.3 is 10.2 Å². The van der Waals surface area contributed by atoms with Gasteiger partial charge in [0.15, 0.2) is 0 Å². The minimum atomic E-state index is -0.948. The summed E-state index contributed by atoms with van der Waals surface area (Å²) in [7, 11) is 0. The molecule has 4 aromatic rings. The van der Waals surface area contributed by atoms with Gasteiger partial charge in [0.1, 0.15) is 9.75 Å². The van der Waals surface area contributed by atoms with E-state index in [0.717, 1.165) is 20.9 Å². The molecule has 0 bridgehead atoms. The predicted octanol–water partition coefficient (Wildman–Crippen LogP) is 5.00. The van der Waals surface area contributed by atoms with Crippen molar-refractivity contribution in [1.82, 2.24) is 9.97 Å². The fourth-order valence-electron chi connectivity index (χ4n) is 2.66. The molecule has 0 aliphatic carbocycles. The van der Waals surface area contributed by atoms with E-state index in [4.69, 9.17) is 10.2 Å². The molecule has 4 rings (SSSR count). The molecular weight excluding hydrogens is 396 g/mol. The maximum Gasteiger partial charge on any atom is 0.345 e. The monoisotopic (exact) mass is 408 g/mol. The van der Waals surface area contributed by atoms with Gasteiger partial charge in [0.25, 0.3) is 0 Å². The van der Waals surface area contributed by atoms with Crippen molar-refractivity contribution in [3.05, 3.63) is 70.7 Å². The molecule has 0 saturated carbocycles. The zero-order valence-electron chi connectivity index (χ0n) is 14.2. The standard InChI is InChI=1S/C20H12N2O4S2/c23-19(24)17-3-1-15(27-17)11-5-7-21-13(9-11)14-10-12(6-8-22-14)16-2-4-18(28-16)20(25)26/h1-10H,(H,23,24)(H,25,26). The third-order valence-electron chi connectivity index (χ3n) is 3.98. The summed E-state index contributed by atoms with van der Waals surface area (Å²) in [5.41, 5.74) is 3.03. The smallest absolute Gasteiger partial charge is 0.345 e. The summed E-state index contributed by atoms with van der Waals surface area (Å²) in [6, 6.07) is 14.1. The first-order chi connectivity index (χ1) is 13.5. The molecule has 0 atom stereocenters. The van der Waals surface area contributed by atoms with Gasteiger partial charge in [-0.25, -0.2) is 9.59 Å². The molecule has 4 aromatic heterocycles. The minimum Gasteiger partial charge on any atom is -0.477 e. The summed E-state index contributed by atoms with van der Waals surface area (Å²) in [5.74, 6) is -1.90. The molecule has 28 heavy (non-hydrogen) atoms. The number of nitrogens with zero attached hydrogens (tertiary/aromatic N) is 2. The van der Waals surface area contributed by atoms with Gasteiger partial charge in [-0.15, -0.1) is 22.7 Å². The van der Waals surface area contributed by atoms with E-state index in [9.17, 15) is 9.59 Å². The van der Waals surface area contributed by atoms with Crippen molar-refractivity contribution in [3.63, 3.8) is 0 Å². The fraction of sp³-hybridized carbons (Fsp3) is 0. The molecule has 0 fully saturated rings. The third kappa shape index (κ3) is 3.55. The lowest BCUT2D eigenvalue weighted by Gasteiger charge is -2.05. The Balaban J connectivity index is 1.69. The van der Waals surface area contributed by atoms with Gasteiger partial charge in [0.2, 0.25) is 0 Å². The topological polar surface area (TPSA) is 100 Å². The Hall–Kier alpha value is -3.36. The van der Waals surface area contributed by atoms with Crippen LogP contribution in [0.1, 0.15) is 19.3 Å². The van der Waals surface area contributed by atoms with Crippen molar-refractivity contribution in [2.24, 2.45) is 0 Å². The maximum absolute atomic E-state index is 11.1. The van der Waals surface area contributed by atoms with Gasteiger partial charge in [-0.2, -0.15) is 0 Å². The lowest BCUT2D eigenvalue weighted by molar-refractivity contribution is 0.0691. The van der Waals surface area contributed by atoms with Crippen molar-refractivity contribution < 1.29 is 19.8 Å². The van der Waals surface area contributed by atoms with Crippen LogP contribution in [0.25, 0.3) is 32.3 Å². The Bertz CT molecular complexity index is 1100. The molecule has 2 N–H and O–H groups in total. The van der Waals surface area contributed by atoms with E-state index < -0.39 is 11.9 Å². The summed E-state index contributed by atoms with van der Waals surface area (Å²) in [5, 5.41) is 18.2. The molecule has 0 aromatic carbocycles. The van der Waals surface area contributed by atoms with Crippen molar-refractivity contribution in [2.75, 3.05) is 0 Å². The average molecular weight is 408 g/mol. The molecule has 4 heterocycles. The second kappa shape index (κ2) is 7.34. The number of carboxylic acids is 2. The lowest BCUT2D eigenvalue weighted by atomic mass is 10.1. The van der Waals surface area contributed by atoms with Crippen LogP contribution in [0.4, 0.5) is 0 Å². The SMILES string of the molecule is O=C(O)c1ccc(-c2ccnc(-c3cc(-c4ccc(C(=O)O)s4)ccn3)c2)s1. The highest BCUT2D eigenvalue weighted by Gasteiger charge is 2.12. The second-order valence-corrected chi connectivity index (χ2v) is 7.97. The van der Waals surface area contributed by atoms with Crippen LogP contribution in [-0.2, 0) is 0 Å². The molecule has 8 heteroatoms. The Kier molecular flexibility index (Phi) is 4.72. The van der Waals surface area contributed by atoms with Crippen LogP contribution in [0, 0.1) is 0 Å². The summed E-state index contributed by atoms with van der Waals surface area (Å²) in [6.07, 6.45) is 3.32. The molecule has 0 amide bonds. The van der Waals surface area contributed by atoms with Gasteiger partial charge in [-0.3, -0.25) is 9.97 Å². The summed E-state index contributed by atoms with van der Waals surface area (Å²) in [6.45, 7) is 0. The molecule has 6 nitrogen and oxygen atoms in total. The molecule has 138 valence electrons. The van der Waals surface area contributed by atoms with E-state index in [1.165, 1.54) is 22.7 Å². The minimum absolute atomic E-state index is 0.278. The molecule has 0 radical (unpaired) electrons. The van der Waals surface area contributed by atoms with E-state index in [1.807, 2.05) is 24.3 Å². The number of carboxylic acid groups (broad SMARTS) is 2.